The zero-order chi connectivity index (χ0) is 15.7. The van der Waals surface area contributed by atoms with Gasteiger partial charge in [0.25, 0.3) is 0 Å². The number of rotatable bonds is 1. The fourth-order valence-corrected chi connectivity index (χ4v) is 3.17. The van der Waals surface area contributed by atoms with Crippen molar-refractivity contribution in [2.75, 3.05) is 19.7 Å². The largest absolute Gasteiger partial charge is 0.450 e. The summed E-state index contributed by atoms with van der Waals surface area (Å²) >= 11 is 0. The third-order valence-corrected chi connectivity index (χ3v) is 4.39. The fraction of sp³-hybridized carbons (Fsp3) is 0.444. The predicted octanol–water partition coefficient (Wildman–Crippen LogP) is 3.83. The molecule has 0 saturated carbocycles. The van der Waals surface area contributed by atoms with E-state index in [-0.39, 0.29) is 18.5 Å². The Bertz CT molecular complexity index is 731. The van der Waals surface area contributed by atoms with Crippen molar-refractivity contribution < 1.29 is 9.53 Å². The van der Waals surface area contributed by atoms with E-state index in [1.54, 1.807) is 4.90 Å². The second-order valence-corrected chi connectivity index (χ2v) is 5.87. The highest BCUT2D eigenvalue weighted by atomic mass is 35.5. The molecule has 0 spiro atoms. The minimum absolute atomic E-state index is 0. The van der Waals surface area contributed by atoms with Crippen LogP contribution in [0.3, 0.4) is 0 Å². The van der Waals surface area contributed by atoms with Crippen LogP contribution in [0.5, 0.6) is 0 Å². The summed E-state index contributed by atoms with van der Waals surface area (Å²) in [4.78, 5) is 18.6. The summed E-state index contributed by atoms with van der Waals surface area (Å²) in [6.45, 7) is 7.91. The minimum atomic E-state index is -0.214. The molecule has 0 saturated heterocycles. The third-order valence-electron chi connectivity index (χ3n) is 4.39. The second kappa shape index (κ2) is 7.18. The van der Waals surface area contributed by atoms with Crippen LogP contribution >= 0.6 is 12.4 Å². The molecule has 0 bridgehead atoms. The lowest BCUT2D eigenvalue weighted by molar-refractivity contribution is 0.109. The third kappa shape index (κ3) is 3.42. The van der Waals surface area contributed by atoms with Gasteiger partial charge in [0.15, 0.2) is 0 Å². The van der Waals surface area contributed by atoms with Crippen LogP contribution in [0.4, 0.5) is 4.79 Å². The monoisotopic (exact) mass is 334 g/mol. The molecule has 0 radical (unpaired) electrons. The zero-order valence-electron chi connectivity index (χ0n) is 13.9. The zero-order valence-corrected chi connectivity index (χ0v) is 14.7. The topological polar surface area (TPSA) is 42.4 Å². The Labute approximate surface area is 143 Å². The van der Waals surface area contributed by atoms with Gasteiger partial charge in [-0.05, 0) is 50.5 Å². The highest BCUT2D eigenvalue weighted by Crippen LogP contribution is 2.26. The molecule has 0 fully saturated rings. The SMILES string of the molecule is CCOC(=O)N1CCc2nc3ccc(C)cc3c(C)c2CC1.Cl. The average molecular weight is 335 g/mol. The minimum Gasteiger partial charge on any atom is -0.450 e. The van der Waals surface area contributed by atoms with E-state index in [9.17, 15) is 4.79 Å². The molecule has 4 nitrogen and oxygen atoms in total. The summed E-state index contributed by atoms with van der Waals surface area (Å²) in [5, 5.41) is 1.23. The van der Waals surface area contributed by atoms with Gasteiger partial charge in [-0.25, -0.2) is 4.79 Å². The van der Waals surface area contributed by atoms with Gasteiger partial charge in [-0.3, -0.25) is 4.98 Å². The molecule has 2 heterocycles. The summed E-state index contributed by atoms with van der Waals surface area (Å²) in [7, 11) is 0. The molecule has 3 rings (SSSR count). The second-order valence-electron chi connectivity index (χ2n) is 5.87. The maximum Gasteiger partial charge on any atom is 0.409 e. The van der Waals surface area contributed by atoms with Gasteiger partial charge < -0.3 is 9.64 Å². The molecule has 0 aliphatic carbocycles. The number of aryl methyl sites for hydroxylation is 2. The van der Waals surface area contributed by atoms with E-state index in [1.165, 1.54) is 22.1 Å². The Morgan fingerprint density at radius 2 is 2.00 bits per heavy atom. The van der Waals surface area contributed by atoms with Crippen LogP contribution in [-0.2, 0) is 17.6 Å². The fourth-order valence-electron chi connectivity index (χ4n) is 3.17. The van der Waals surface area contributed by atoms with Crippen molar-refractivity contribution in [2.24, 2.45) is 0 Å². The number of carbonyl (C=O) groups is 1. The van der Waals surface area contributed by atoms with Crippen molar-refractivity contribution in [3.63, 3.8) is 0 Å². The summed E-state index contributed by atoms with van der Waals surface area (Å²) in [5.74, 6) is 0. The van der Waals surface area contributed by atoms with Gasteiger partial charge in [0.05, 0.1) is 12.1 Å². The summed E-state index contributed by atoms with van der Waals surface area (Å²) in [6, 6.07) is 6.39. The lowest BCUT2D eigenvalue weighted by atomic mass is 9.97. The molecule has 0 atom stereocenters. The average Bonchev–Trinajstić information content (AvgIpc) is 2.71. The van der Waals surface area contributed by atoms with E-state index in [1.807, 2.05) is 6.92 Å². The van der Waals surface area contributed by atoms with Gasteiger partial charge in [-0.1, -0.05) is 11.6 Å². The van der Waals surface area contributed by atoms with E-state index in [0.717, 1.165) is 24.1 Å². The molecule has 0 unspecified atom stereocenters. The van der Waals surface area contributed by atoms with Crippen LogP contribution < -0.4 is 0 Å². The van der Waals surface area contributed by atoms with Crippen molar-refractivity contribution in [3.05, 3.63) is 40.6 Å². The molecule has 23 heavy (non-hydrogen) atoms. The summed E-state index contributed by atoms with van der Waals surface area (Å²) < 4.78 is 5.13. The standard InChI is InChI=1S/C18H22N2O2.ClH/c1-4-22-18(21)20-9-7-14-13(3)15-11-12(2)5-6-16(15)19-17(14)8-10-20;/h5-6,11H,4,7-10H2,1-3H3;1H. The van der Waals surface area contributed by atoms with E-state index in [4.69, 9.17) is 9.72 Å². The lowest BCUT2D eigenvalue weighted by Gasteiger charge is -2.18. The van der Waals surface area contributed by atoms with Crippen LogP contribution in [0.1, 0.15) is 29.3 Å². The van der Waals surface area contributed by atoms with E-state index >= 15 is 0 Å². The highest BCUT2D eigenvalue weighted by Gasteiger charge is 2.22. The molecular weight excluding hydrogens is 312 g/mol. The maximum atomic E-state index is 11.9. The molecule has 124 valence electrons. The Kier molecular flexibility index (Phi) is 5.47. The maximum absolute atomic E-state index is 11.9. The highest BCUT2D eigenvalue weighted by molar-refractivity contribution is 5.85. The normalized spacial score (nSPS) is 14.0. The lowest BCUT2D eigenvalue weighted by Crippen LogP contribution is -2.33. The number of hydrogen-bond donors (Lipinski definition) is 0. The van der Waals surface area contributed by atoms with Crippen LogP contribution in [0.15, 0.2) is 18.2 Å². The van der Waals surface area contributed by atoms with Gasteiger partial charge in [0, 0.05) is 30.6 Å². The van der Waals surface area contributed by atoms with Crippen molar-refractivity contribution in [1.82, 2.24) is 9.88 Å². The number of benzene rings is 1. The molecule has 1 aliphatic heterocycles. The Morgan fingerprint density at radius 3 is 2.74 bits per heavy atom. The number of halogens is 1. The smallest absolute Gasteiger partial charge is 0.409 e. The molecule has 1 aromatic carbocycles. The number of fused-ring (bicyclic) bond motifs is 2. The van der Waals surface area contributed by atoms with E-state index in [2.05, 4.69) is 32.0 Å². The molecule has 2 aromatic rings. The van der Waals surface area contributed by atoms with Crippen molar-refractivity contribution in [3.8, 4) is 0 Å². The van der Waals surface area contributed by atoms with Crippen LogP contribution in [0.2, 0.25) is 0 Å². The molecule has 5 heteroatoms. The van der Waals surface area contributed by atoms with Gasteiger partial charge >= 0.3 is 6.09 Å². The first-order valence-electron chi connectivity index (χ1n) is 7.90. The molecule has 1 aromatic heterocycles. The van der Waals surface area contributed by atoms with Crippen LogP contribution in [0.25, 0.3) is 10.9 Å². The van der Waals surface area contributed by atoms with Crippen molar-refractivity contribution >= 4 is 29.4 Å². The number of nitrogens with zero attached hydrogens (tertiary/aromatic N) is 2. The quantitative estimate of drug-likeness (QED) is 0.796. The number of pyridine rings is 1. The predicted molar refractivity (Wildman–Crippen MR) is 94.5 cm³/mol. The van der Waals surface area contributed by atoms with Crippen LogP contribution in [0, 0.1) is 13.8 Å². The van der Waals surface area contributed by atoms with Gasteiger partial charge in [0.1, 0.15) is 0 Å². The van der Waals surface area contributed by atoms with Crippen molar-refractivity contribution in [1.29, 1.82) is 0 Å². The number of aromatic nitrogens is 1. The molecular formula is C18H23ClN2O2. The molecule has 0 N–H and O–H groups in total. The Hall–Kier alpha value is -1.81. The van der Waals surface area contributed by atoms with E-state index in [0.29, 0.717) is 19.7 Å². The van der Waals surface area contributed by atoms with E-state index < -0.39 is 0 Å². The first-order chi connectivity index (χ1) is 10.6. The first-order valence-corrected chi connectivity index (χ1v) is 7.90. The number of carbonyl (C=O) groups excluding carboxylic acids is 1. The number of ether oxygens (including phenoxy) is 1. The number of amides is 1. The van der Waals surface area contributed by atoms with Gasteiger partial charge in [0.2, 0.25) is 0 Å². The van der Waals surface area contributed by atoms with Crippen molar-refractivity contribution in [2.45, 2.75) is 33.6 Å². The Morgan fingerprint density at radius 1 is 1.26 bits per heavy atom. The van der Waals surface area contributed by atoms with Gasteiger partial charge in [-0.2, -0.15) is 0 Å². The summed E-state index contributed by atoms with van der Waals surface area (Å²) in [5.41, 5.74) is 6.02. The van der Waals surface area contributed by atoms with Crippen LogP contribution in [-0.4, -0.2) is 35.7 Å². The number of hydrogen-bond acceptors (Lipinski definition) is 3. The molecule has 1 aliphatic rings. The summed E-state index contributed by atoms with van der Waals surface area (Å²) in [6.07, 6.45) is 1.42. The Balaban J connectivity index is 0.00000192. The first kappa shape index (κ1) is 17.5. The molecule has 1 amide bonds. The van der Waals surface area contributed by atoms with Gasteiger partial charge in [-0.15, -0.1) is 12.4 Å².